The molecule has 0 heterocycles. The molecule has 29 heavy (non-hydrogen) atoms. The van der Waals surface area contributed by atoms with Gasteiger partial charge in [-0.3, -0.25) is 16.4 Å². The van der Waals surface area contributed by atoms with Gasteiger partial charge in [-0.1, -0.05) is 24.3 Å². The molecule has 2 aliphatic rings. The Balaban J connectivity index is 1.85. The van der Waals surface area contributed by atoms with E-state index in [1.165, 1.54) is 0 Å². The van der Waals surface area contributed by atoms with Crippen molar-refractivity contribution in [2.45, 2.75) is 88.6 Å². The maximum atomic E-state index is 12.4. The molecule has 0 saturated heterocycles. The van der Waals surface area contributed by atoms with Crippen molar-refractivity contribution in [3.05, 3.63) is 24.3 Å². The van der Waals surface area contributed by atoms with Gasteiger partial charge >= 0.3 is 12.2 Å². The zero-order chi connectivity index (χ0) is 21.0. The van der Waals surface area contributed by atoms with Gasteiger partial charge in [0.15, 0.2) is 5.79 Å². The summed E-state index contributed by atoms with van der Waals surface area (Å²) in [5.74, 6) is -1.52. The zero-order valence-corrected chi connectivity index (χ0v) is 17.2. The number of nitrogens with one attached hydrogen (secondary N) is 2. The van der Waals surface area contributed by atoms with Gasteiger partial charge in [0.25, 0.3) is 0 Å². The second-order valence-corrected chi connectivity index (χ2v) is 7.77. The van der Waals surface area contributed by atoms with E-state index in [0.717, 1.165) is 64.2 Å². The molecule has 0 saturated carbocycles. The van der Waals surface area contributed by atoms with E-state index in [1.807, 2.05) is 0 Å². The first kappa shape index (κ1) is 23.2. The number of rotatable bonds is 6. The Labute approximate surface area is 173 Å². The molecular formula is C21H36N4O4. The van der Waals surface area contributed by atoms with Crippen LogP contribution < -0.4 is 22.1 Å². The third-order valence-electron chi connectivity index (χ3n) is 5.17. The van der Waals surface area contributed by atoms with Gasteiger partial charge in [0, 0.05) is 6.42 Å². The number of hydrogen-bond acceptors (Lipinski definition) is 6. The molecule has 2 amide bonds. The first-order valence-corrected chi connectivity index (χ1v) is 10.8. The Morgan fingerprint density at radius 3 is 1.72 bits per heavy atom. The Morgan fingerprint density at radius 2 is 1.28 bits per heavy atom. The zero-order valence-electron chi connectivity index (χ0n) is 17.2. The molecule has 2 rings (SSSR count). The van der Waals surface area contributed by atoms with Crippen molar-refractivity contribution in [2.24, 2.45) is 11.5 Å². The molecule has 0 bridgehead atoms. The number of carbonyl (C=O) groups excluding carboxylic acids is 2. The lowest BCUT2D eigenvalue weighted by Crippen LogP contribution is -2.68. The van der Waals surface area contributed by atoms with Gasteiger partial charge in [-0.2, -0.15) is 0 Å². The molecule has 8 nitrogen and oxygen atoms in total. The largest absolute Gasteiger partial charge is 0.446 e. The van der Waals surface area contributed by atoms with Crippen molar-refractivity contribution < 1.29 is 19.1 Å². The minimum atomic E-state index is -1.52. The van der Waals surface area contributed by atoms with Crippen LogP contribution in [0.1, 0.15) is 70.6 Å². The fourth-order valence-corrected chi connectivity index (χ4v) is 3.60. The number of allylic oxidation sites excluding steroid dienone is 4. The van der Waals surface area contributed by atoms with Crippen LogP contribution in [0.25, 0.3) is 0 Å². The van der Waals surface area contributed by atoms with Crippen LogP contribution in [0.4, 0.5) is 9.59 Å². The van der Waals surface area contributed by atoms with E-state index in [2.05, 4.69) is 34.9 Å². The summed E-state index contributed by atoms with van der Waals surface area (Å²) < 4.78 is 11.1. The van der Waals surface area contributed by atoms with Crippen molar-refractivity contribution in [2.75, 3.05) is 6.54 Å². The number of nitrogens with two attached hydrogens (primary N) is 2. The lowest BCUT2D eigenvalue weighted by Gasteiger charge is -2.32. The average molecular weight is 409 g/mol. The van der Waals surface area contributed by atoms with Crippen molar-refractivity contribution >= 4 is 12.2 Å². The van der Waals surface area contributed by atoms with Crippen LogP contribution in [0.2, 0.25) is 0 Å². The fraction of sp³-hybridized carbons (Fsp3) is 0.714. The SMILES string of the molecule is NCCC(N)(NC(=O)OC1CC/C=C/CCC1)NC(=O)OC1CC/C=C/CCC1. The van der Waals surface area contributed by atoms with Gasteiger partial charge < -0.3 is 15.2 Å². The molecule has 0 aromatic heterocycles. The maximum absolute atomic E-state index is 12.4. The van der Waals surface area contributed by atoms with Crippen molar-refractivity contribution in [1.29, 1.82) is 0 Å². The predicted octanol–water partition coefficient (Wildman–Crippen LogP) is 3.18. The summed E-state index contributed by atoms with van der Waals surface area (Å²) in [6.07, 6.45) is 15.8. The van der Waals surface area contributed by atoms with Crippen LogP contribution in [0.5, 0.6) is 0 Å². The first-order chi connectivity index (χ1) is 14.0. The highest BCUT2D eigenvalue weighted by atomic mass is 16.6. The number of hydrogen-bond donors (Lipinski definition) is 4. The van der Waals surface area contributed by atoms with Gasteiger partial charge in [-0.25, -0.2) is 9.59 Å². The van der Waals surface area contributed by atoms with E-state index in [1.54, 1.807) is 0 Å². The Morgan fingerprint density at radius 1 is 0.828 bits per heavy atom. The molecule has 2 aliphatic carbocycles. The second-order valence-electron chi connectivity index (χ2n) is 7.77. The highest BCUT2D eigenvalue weighted by Gasteiger charge is 2.31. The molecule has 8 heteroatoms. The summed E-state index contributed by atoms with van der Waals surface area (Å²) >= 11 is 0. The lowest BCUT2D eigenvalue weighted by molar-refractivity contribution is 0.0610. The third kappa shape index (κ3) is 9.32. The van der Waals surface area contributed by atoms with E-state index in [9.17, 15) is 9.59 Å². The second kappa shape index (κ2) is 12.5. The van der Waals surface area contributed by atoms with E-state index in [4.69, 9.17) is 20.9 Å². The summed E-state index contributed by atoms with van der Waals surface area (Å²) in [6, 6.07) is 0. The van der Waals surface area contributed by atoms with E-state index >= 15 is 0 Å². The minimum absolute atomic E-state index is 0.151. The van der Waals surface area contributed by atoms with Gasteiger partial charge in [0.05, 0.1) is 0 Å². The van der Waals surface area contributed by atoms with E-state index < -0.39 is 18.0 Å². The lowest BCUT2D eigenvalue weighted by atomic mass is 10.0. The standard InChI is InChI=1S/C21H36N4O4/c22-16-15-21(23,24-19(26)28-17-11-7-3-1-4-8-12-17)25-20(27)29-18-13-9-5-2-6-10-14-18/h1-3,5,17-18H,4,6-16,22-23H2,(H,24,26)(H,25,27)/b3-1+,5-2+. The molecule has 0 fully saturated rings. The summed E-state index contributed by atoms with van der Waals surface area (Å²) in [5.41, 5.74) is 11.8. The Hall–Kier alpha value is -2.06. The Bertz CT molecular complexity index is 535. The number of carbonyl (C=O) groups is 2. The molecule has 0 radical (unpaired) electrons. The number of ether oxygens (including phenoxy) is 2. The first-order valence-electron chi connectivity index (χ1n) is 10.8. The summed E-state index contributed by atoms with van der Waals surface area (Å²) in [5, 5.41) is 5.13. The normalized spacial score (nSPS) is 27.0. The molecule has 164 valence electrons. The van der Waals surface area contributed by atoms with Crippen molar-refractivity contribution in [3.63, 3.8) is 0 Å². The molecule has 0 spiro atoms. The monoisotopic (exact) mass is 408 g/mol. The van der Waals surface area contributed by atoms with E-state index in [-0.39, 0.29) is 25.2 Å². The maximum Gasteiger partial charge on any atom is 0.410 e. The van der Waals surface area contributed by atoms with Crippen LogP contribution in [-0.4, -0.2) is 36.7 Å². The average Bonchev–Trinajstić information content (AvgIpc) is 2.59. The third-order valence-corrected chi connectivity index (χ3v) is 5.17. The topological polar surface area (TPSA) is 129 Å². The number of alkyl carbamates (subject to hydrolysis) is 2. The van der Waals surface area contributed by atoms with Crippen LogP contribution in [0.15, 0.2) is 24.3 Å². The van der Waals surface area contributed by atoms with Gasteiger partial charge in [0.2, 0.25) is 0 Å². The van der Waals surface area contributed by atoms with Crippen LogP contribution in [-0.2, 0) is 9.47 Å². The molecule has 0 aliphatic heterocycles. The van der Waals surface area contributed by atoms with Crippen LogP contribution in [0.3, 0.4) is 0 Å². The van der Waals surface area contributed by atoms with Crippen LogP contribution >= 0.6 is 0 Å². The smallest absolute Gasteiger partial charge is 0.410 e. The summed E-state index contributed by atoms with van der Waals surface area (Å²) in [7, 11) is 0. The molecule has 6 N–H and O–H groups in total. The van der Waals surface area contributed by atoms with Crippen molar-refractivity contribution in [3.8, 4) is 0 Å². The quantitative estimate of drug-likeness (QED) is 0.395. The fourth-order valence-electron chi connectivity index (χ4n) is 3.60. The molecule has 0 aromatic rings. The van der Waals surface area contributed by atoms with Crippen LogP contribution in [0, 0.1) is 0 Å². The molecule has 2 unspecified atom stereocenters. The summed E-state index contributed by atoms with van der Waals surface area (Å²) in [4.78, 5) is 24.8. The molecule has 0 aromatic carbocycles. The number of amides is 2. The highest BCUT2D eigenvalue weighted by Crippen LogP contribution is 2.17. The van der Waals surface area contributed by atoms with E-state index in [0.29, 0.717) is 0 Å². The minimum Gasteiger partial charge on any atom is -0.446 e. The highest BCUT2D eigenvalue weighted by molar-refractivity contribution is 5.72. The molecule has 2 atom stereocenters. The molecular weight excluding hydrogens is 372 g/mol. The van der Waals surface area contributed by atoms with Crippen molar-refractivity contribution in [1.82, 2.24) is 10.6 Å². The summed E-state index contributed by atoms with van der Waals surface area (Å²) in [6.45, 7) is 0.180. The Kier molecular flexibility index (Phi) is 10.0. The van der Waals surface area contributed by atoms with Gasteiger partial charge in [0.1, 0.15) is 12.2 Å². The van der Waals surface area contributed by atoms with Gasteiger partial charge in [-0.15, -0.1) is 0 Å². The predicted molar refractivity (Wildman–Crippen MR) is 112 cm³/mol. The van der Waals surface area contributed by atoms with Gasteiger partial charge in [-0.05, 0) is 70.8 Å².